The molecule has 3 N–H and O–H groups in total. The first-order valence-corrected chi connectivity index (χ1v) is 5.54. The van der Waals surface area contributed by atoms with Crippen LogP contribution in [0.15, 0.2) is 0 Å². The lowest BCUT2D eigenvalue weighted by molar-refractivity contribution is -0.149. The molecule has 0 heterocycles. The van der Waals surface area contributed by atoms with Gasteiger partial charge in [0.2, 0.25) is 0 Å². The fraction of sp³-hybridized carbons (Fsp3) is 0.818. The van der Waals surface area contributed by atoms with E-state index in [2.05, 4.69) is 14.2 Å². The van der Waals surface area contributed by atoms with Crippen LogP contribution in [-0.4, -0.2) is 74.0 Å². The van der Waals surface area contributed by atoms with Crippen LogP contribution < -0.4 is 0 Å². The van der Waals surface area contributed by atoms with E-state index in [9.17, 15) is 9.59 Å². The van der Waals surface area contributed by atoms with Crippen molar-refractivity contribution in [3.05, 3.63) is 0 Å². The van der Waals surface area contributed by atoms with Crippen LogP contribution in [0.5, 0.6) is 0 Å². The summed E-state index contributed by atoms with van der Waals surface area (Å²) in [5.41, 5.74) is 0. The minimum absolute atomic E-state index is 0.122. The number of carbonyl (C=O) groups excluding carboxylic acids is 2. The van der Waals surface area contributed by atoms with Gasteiger partial charge in [-0.25, -0.2) is 0 Å². The Morgan fingerprint density at radius 3 is 1.26 bits per heavy atom. The topological polar surface area (TPSA) is 123 Å². The Morgan fingerprint density at radius 1 is 0.789 bits per heavy atom. The van der Waals surface area contributed by atoms with Crippen molar-refractivity contribution in [2.45, 2.75) is 13.8 Å². The molecule has 0 aliphatic heterocycles. The molecule has 0 aromatic heterocycles. The summed E-state index contributed by atoms with van der Waals surface area (Å²) in [6.07, 6.45) is 0. The maximum absolute atomic E-state index is 10.1. The molecule has 0 rings (SSSR count). The van der Waals surface area contributed by atoms with Crippen molar-refractivity contribution in [2.24, 2.45) is 0 Å². The summed E-state index contributed by atoms with van der Waals surface area (Å²) < 4.78 is 13.4. The first kappa shape index (κ1) is 22.9. The summed E-state index contributed by atoms with van der Waals surface area (Å²) in [6.45, 7) is 3.18. The fourth-order valence-corrected chi connectivity index (χ4v) is 0.462. The minimum atomic E-state index is -0.368. The SMILES string of the molecule is CC(=O)OCCOC(C)=O.COCCO.OCCO. The maximum atomic E-state index is 10.1. The zero-order valence-corrected chi connectivity index (χ0v) is 11.6. The van der Waals surface area contributed by atoms with Gasteiger partial charge in [-0.2, -0.15) is 0 Å². The number of rotatable bonds is 6. The molecule has 0 aliphatic carbocycles. The quantitative estimate of drug-likeness (QED) is 0.406. The van der Waals surface area contributed by atoms with Crippen molar-refractivity contribution in [2.75, 3.05) is 46.8 Å². The first-order valence-electron chi connectivity index (χ1n) is 5.54. The third kappa shape index (κ3) is 47.6. The summed E-state index contributed by atoms with van der Waals surface area (Å²) in [6, 6.07) is 0. The Kier molecular flexibility index (Phi) is 26.5. The van der Waals surface area contributed by atoms with E-state index in [0.29, 0.717) is 6.61 Å². The van der Waals surface area contributed by atoms with Gasteiger partial charge in [0.25, 0.3) is 0 Å². The minimum Gasteiger partial charge on any atom is -0.462 e. The van der Waals surface area contributed by atoms with Gasteiger partial charge in [0.05, 0.1) is 26.4 Å². The third-order valence-electron chi connectivity index (χ3n) is 1.09. The third-order valence-corrected chi connectivity index (χ3v) is 1.09. The van der Waals surface area contributed by atoms with Crippen molar-refractivity contribution in [1.82, 2.24) is 0 Å². The Bertz CT molecular complexity index is 175. The van der Waals surface area contributed by atoms with Gasteiger partial charge in [0.1, 0.15) is 13.2 Å². The maximum Gasteiger partial charge on any atom is 0.302 e. The number of ether oxygens (including phenoxy) is 3. The number of methoxy groups -OCH3 is 1. The van der Waals surface area contributed by atoms with E-state index in [1.165, 1.54) is 13.8 Å². The largest absolute Gasteiger partial charge is 0.462 e. The van der Waals surface area contributed by atoms with Crippen LogP contribution in [0, 0.1) is 0 Å². The van der Waals surface area contributed by atoms with Gasteiger partial charge in [-0.1, -0.05) is 0 Å². The van der Waals surface area contributed by atoms with Crippen molar-refractivity contribution in [3.8, 4) is 0 Å². The molecule has 0 saturated heterocycles. The van der Waals surface area contributed by atoms with Crippen molar-refractivity contribution < 1.29 is 39.1 Å². The molecule has 0 amide bonds. The molecular weight excluding hydrogens is 260 g/mol. The van der Waals surface area contributed by atoms with Gasteiger partial charge in [-0.05, 0) is 0 Å². The molecular formula is C11H24O8. The van der Waals surface area contributed by atoms with Crippen molar-refractivity contribution in [3.63, 3.8) is 0 Å². The number of aliphatic hydroxyl groups excluding tert-OH is 3. The van der Waals surface area contributed by atoms with Gasteiger partial charge in [-0.3, -0.25) is 9.59 Å². The fourth-order valence-electron chi connectivity index (χ4n) is 0.462. The number of hydrogen-bond acceptors (Lipinski definition) is 8. The Hall–Kier alpha value is -1.22. The molecule has 0 radical (unpaired) electrons. The summed E-state index contributed by atoms with van der Waals surface area (Å²) in [7, 11) is 1.55. The normalized spacial score (nSPS) is 8.32. The Morgan fingerprint density at radius 2 is 1.16 bits per heavy atom. The van der Waals surface area contributed by atoms with Crippen LogP contribution in [0.4, 0.5) is 0 Å². The second kappa shape index (κ2) is 22.0. The molecule has 0 saturated carbocycles. The number of hydrogen-bond donors (Lipinski definition) is 3. The lowest BCUT2D eigenvalue weighted by atomic mass is 10.7. The van der Waals surface area contributed by atoms with Crippen LogP contribution in [-0.2, 0) is 23.8 Å². The molecule has 0 aromatic carbocycles. The summed E-state index contributed by atoms with van der Waals surface area (Å²) in [5.74, 6) is -0.737. The van der Waals surface area contributed by atoms with Crippen molar-refractivity contribution >= 4 is 11.9 Å². The lowest BCUT2D eigenvalue weighted by Crippen LogP contribution is -2.09. The molecule has 0 spiro atoms. The van der Waals surface area contributed by atoms with E-state index in [4.69, 9.17) is 15.3 Å². The van der Waals surface area contributed by atoms with E-state index in [-0.39, 0.29) is 45.0 Å². The standard InChI is InChI=1S/C6H10O4.C3H8O2.C2H6O2/c1-5(7)9-3-4-10-6(2)8;1-5-3-2-4;3-1-2-4/h3-4H2,1-2H3;4H,2-3H2,1H3;3-4H,1-2H2. The molecule has 0 fully saturated rings. The molecule has 0 bridgehead atoms. The summed E-state index contributed by atoms with van der Waals surface area (Å²) >= 11 is 0. The van der Waals surface area contributed by atoms with Gasteiger partial charge < -0.3 is 29.5 Å². The highest BCUT2D eigenvalue weighted by Crippen LogP contribution is 1.79. The predicted octanol–water partition coefficient (Wildman–Crippen LogP) is -1.29. The monoisotopic (exact) mass is 284 g/mol. The van der Waals surface area contributed by atoms with Crippen LogP contribution in [0.25, 0.3) is 0 Å². The lowest BCUT2D eigenvalue weighted by Gasteiger charge is -2.00. The van der Waals surface area contributed by atoms with Crippen LogP contribution in [0.1, 0.15) is 13.8 Å². The van der Waals surface area contributed by atoms with E-state index >= 15 is 0 Å². The molecule has 116 valence electrons. The molecule has 19 heavy (non-hydrogen) atoms. The van der Waals surface area contributed by atoms with Crippen molar-refractivity contribution in [1.29, 1.82) is 0 Å². The van der Waals surface area contributed by atoms with Gasteiger partial charge in [0, 0.05) is 21.0 Å². The zero-order valence-electron chi connectivity index (χ0n) is 11.6. The van der Waals surface area contributed by atoms with Gasteiger partial charge in [-0.15, -0.1) is 0 Å². The molecule has 0 atom stereocenters. The second-order valence-electron chi connectivity index (χ2n) is 2.84. The van der Waals surface area contributed by atoms with Gasteiger partial charge >= 0.3 is 11.9 Å². The van der Waals surface area contributed by atoms with E-state index in [0.717, 1.165) is 0 Å². The highest BCUT2D eigenvalue weighted by atomic mass is 16.6. The Labute approximate surface area is 112 Å². The van der Waals surface area contributed by atoms with Crippen LogP contribution in [0.3, 0.4) is 0 Å². The van der Waals surface area contributed by atoms with E-state index in [1.54, 1.807) is 7.11 Å². The summed E-state index contributed by atoms with van der Waals surface area (Å²) in [5, 5.41) is 23.2. The number of aliphatic hydroxyl groups is 3. The molecule has 0 aliphatic rings. The average molecular weight is 284 g/mol. The van der Waals surface area contributed by atoms with Crippen LogP contribution >= 0.6 is 0 Å². The molecule has 0 aromatic rings. The highest BCUT2D eigenvalue weighted by Gasteiger charge is 1.94. The molecule has 8 heteroatoms. The molecule has 0 unspecified atom stereocenters. The second-order valence-corrected chi connectivity index (χ2v) is 2.84. The predicted molar refractivity (Wildman–Crippen MR) is 66.4 cm³/mol. The average Bonchev–Trinajstić information content (AvgIpc) is 2.36. The smallest absolute Gasteiger partial charge is 0.302 e. The zero-order chi connectivity index (χ0) is 15.5. The molecule has 8 nitrogen and oxygen atoms in total. The number of carbonyl (C=O) groups is 2. The highest BCUT2D eigenvalue weighted by molar-refractivity contribution is 5.66. The van der Waals surface area contributed by atoms with E-state index < -0.39 is 0 Å². The Balaban J connectivity index is -0.000000238. The summed E-state index contributed by atoms with van der Waals surface area (Å²) in [4.78, 5) is 20.3. The number of esters is 2. The van der Waals surface area contributed by atoms with Crippen LogP contribution in [0.2, 0.25) is 0 Å². The van der Waals surface area contributed by atoms with Gasteiger partial charge in [0.15, 0.2) is 0 Å². The first-order chi connectivity index (χ1) is 8.95. The van der Waals surface area contributed by atoms with E-state index in [1.807, 2.05) is 0 Å².